The minimum Gasteiger partial charge on any atom is -0.247 e. The maximum Gasteiger partial charge on any atom is 0 e. The summed E-state index contributed by atoms with van der Waals surface area (Å²) in [6, 6.07) is 0. The summed E-state index contributed by atoms with van der Waals surface area (Å²) in [5, 5.41) is 0. The van der Waals surface area contributed by atoms with Crippen molar-refractivity contribution in [1.82, 2.24) is 10.4 Å². The Hall–Kier alpha value is 0.790. The lowest BCUT2D eigenvalue weighted by Crippen LogP contribution is -2.15. The second kappa shape index (κ2) is 17.1. The molecule has 5 heteroatoms. The molecule has 0 atom stereocenters. The number of rotatable bonds is 1. The standard InChI is InChI=1S/CH5ClN2.Cl2/c1-3-4-2;1-2/h3-4H,1H3;. The average Bonchev–Trinajstić information content (AvgIpc) is 1.72. The summed E-state index contributed by atoms with van der Waals surface area (Å²) >= 11 is 4.82. The van der Waals surface area contributed by atoms with Crippen LogP contribution in [0.4, 0.5) is 0 Å². The van der Waals surface area contributed by atoms with Crippen LogP contribution in [0.15, 0.2) is 0 Å². The van der Waals surface area contributed by atoms with E-state index in [0.29, 0.717) is 0 Å². The Labute approximate surface area is 51.4 Å². The second-order valence-electron chi connectivity index (χ2n) is 0.344. The Bertz CT molecular complexity index is 10.8. The molecule has 6 heavy (non-hydrogen) atoms. The van der Waals surface area contributed by atoms with Crippen molar-refractivity contribution in [3.63, 3.8) is 0 Å². The van der Waals surface area contributed by atoms with Crippen LogP contribution in [0.5, 0.6) is 0 Å². The van der Waals surface area contributed by atoms with Crippen LogP contribution in [0.2, 0.25) is 0 Å². The largest absolute Gasteiger partial charge is 0.247 e. The topological polar surface area (TPSA) is 24.1 Å². The monoisotopic (exact) mass is 150 g/mol. The van der Waals surface area contributed by atoms with Crippen molar-refractivity contribution >= 4 is 33.5 Å². The lowest BCUT2D eigenvalue weighted by atomic mass is 11.5. The smallest absolute Gasteiger partial charge is 0 e. The third-order valence-corrected chi connectivity index (χ3v) is 0.283. The summed E-state index contributed by atoms with van der Waals surface area (Å²) < 4.78 is 0. The molecule has 0 fully saturated rings. The van der Waals surface area contributed by atoms with Crippen molar-refractivity contribution in [1.29, 1.82) is 0 Å². The van der Waals surface area contributed by atoms with Gasteiger partial charge in [-0.2, -0.15) is 4.94 Å². The molecule has 0 saturated heterocycles. The van der Waals surface area contributed by atoms with E-state index in [-0.39, 0.29) is 0 Å². The zero-order chi connectivity index (χ0) is 5.41. The van der Waals surface area contributed by atoms with Crippen molar-refractivity contribution in [2.24, 2.45) is 0 Å². The third kappa shape index (κ3) is 21.5. The van der Waals surface area contributed by atoms with Gasteiger partial charge in [-0.1, -0.05) is 0 Å². The molecule has 0 spiro atoms. The minimum absolute atomic E-state index is 1.69. The van der Waals surface area contributed by atoms with Crippen LogP contribution in [0.25, 0.3) is 0 Å². The van der Waals surface area contributed by atoms with Crippen LogP contribution < -0.4 is 10.4 Å². The van der Waals surface area contributed by atoms with Gasteiger partial charge in [0.15, 0.2) is 0 Å². The Kier molecular flexibility index (Phi) is 28.2. The Morgan fingerprint density at radius 2 is 1.50 bits per heavy atom. The van der Waals surface area contributed by atoms with Gasteiger partial charge in [0.25, 0.3) is 0 Å². The minimum atomic E-state index is 1.69. The number of hydrogen-bond donors (Lipinski definition) is 2. The Morgan fingerprint density at radius 3 is 1.50 bits per heavy atom. The molecule has 0 aliphatic rings. The summed E-state index contributed by atoms with van der Waals surface area (Å²) in [6.07, 6.45) is 0. The summed E-state index contributed by atoms with van der Waals surface area (Å²) in [6.45, 7) is 0. The molecule has 0 aliphatic carbocycles. The molecule has 2 N–H and O–H groups in total. The highest BCUT2D eigenvalue weighted by Gasteiger charge is 1.47. The second-order valence-corrected chi connectivity index (χ2v) is 0.533. The first kappa shape index (κ1) is 9.92. The van der Waals surface area contributed by atoms with E-state index in [1.54, 1.807) is 7.05 Å². The van der Waals surface area contributed by atoms with Gasteiger partial charge < -0.3 is 0 Å². The van der Waals surface area contributed by atoms with Crippen LogP contribution in [0, 0.1) is 0 Å². The normalized spacial score (nSPS) is 6.00. The molecule has 0 aliphatic heterocycles. The first-order valence-electron chi connectivity index (χ1n) is 1.08. The molecular formula is CH5Cl3N2. The van der Waals surface area contributed by atoms with E-state index in [4.69, 9.17) is 11.8 Å². The van der Waals surface area contributed by atoms with E-state index in [1.807, 2.05) is 0 Å². The van der Waals surface area contributed by atoms with E-state index in [1.165, 1.54) is 0 Å². The predicted molar refractivity (Wildman–Crippen MR) is 29.8 cm³/mol. The molecule has 0 radical (unpaired) electrons. The number of hydrogen-bond acceptors (Lipinski definition) is 2. The van der Waals surface area contributed by atoms with Crippen molar-refractivity contribution in [2.75, 3.05) is 7.05 Å². The number of hydrazine groups is 1. The molecule has 0 aromatic rings. The Balaban J connectivity index is 0. The molecule has 0 aromatic heterocycles. The van der Waals surface area contributed by atoms with Gasteiger partial charge in [0.2, 0.25) is 0 Å². The number of halogens is 3. The van der Waals surface area contributed by atoms with E-state index in [0.717, 1.165) is 0 Å². The van der Waals surface area contributed by atoms with Gasteiger partial charge in [-0.15, -0.1) is 0 Å². The molecule has 0 heterocycles. The molecular weight excluding hydrogens is 146 g/mol. The molecule has 0 aromatic carbocycles. The quantitative estimate of drug-likeness (QED) is 0.435. The van der Waals surface area contributed by atoms with Crippen molar-refractivity contribution < 1.29 is 0 Å². The highest BCUT2D eigenvalue weighted by molar-refractivity contribution is 6.85. The van der Waals surface area contributed by atoms with Gasteiger partial charge in [-0.05, 0) is 18.8 Å². The first-order chi connectivity index (χ1) is 2.91. The maximum atomic E-state index is 4.82. The first-order valence-corrected chi connectivity index (χ1v) is 2.60. The fourth-order valence-corrected chi connectivity index (χ4v) is 0. The molecule has 2 nitrogen and oxygen atoms in total. The molecule has 0 unspecified atom stereocenters. The highest BCUT2D eigenvalue weighted by atomic mass is 36.5. The van der Waals surface area contributed by atoms with Gasteiger partial charge in [-0.25, -0.2) is 5.43 Å². The van der Waals surface area contributed by atoms with Gasteiger partial charge in [0, 0.05) is 21.7 Å². The van der Waals surface area contributed by atoms with Gasteiger partial charge in [-0.3, -0.25) is 0 Å². The summed E-state index contributed by atoms with van der Waals surface area (Å²) in [7, 11) is 9.91. The van der Waals surface area contributed by atoms with E-state index < -0.39 is 0 Å². The Morgan fingerprint density at radius 1 is 1.33 bits per heavy atom. The highest BCUT2D eigenvalue weighted by Crippen LogP contribution is 1.69. The summed E-state index contributed by atoms with van der Waals surface area (Å²) in [5.74, 6) is 0. The lowest BCUT2D eigenvalue weighted by Gasteiger charge is -1.77. The van der Waals surface area contributed by atoms with E-state index in [9.17, 15) is 0 Å². The average molecular weight is 151 g/mol. The van der Waals surface area contributed by atoms with Crippen LogP contribution in [0.3, 0.4) is 0 Å². The zero-order valence-electron chi connectivity index (χ0n) is 3.13. The molecule has 0 rings (SSSR count). The van der Waals surface area contributed by atoms with Crippen LogP contribution in [0.1, 0.15) is 0 Å². The zero-order valence-corrected chi connectivity index (χ0v) is 5.40. The van der Waals surface area contributed by atoms with Crippen molar-refractivity contribution in [3.8, 4) is 0 Å². The van der Waals surface area contributed by atoms with Crippen LogP contribution in [-0.4, -0.2) is 7.05 Å². The van der Waals surface area contributed by atoms with Crippen LogP contribution in [-0.2, 0) is 0 Å². The maximum absolute atomic E-state index is 4.82. The predicted octanol–water partition coefficient (Wildman–Crippen LogP) is 1.24. The third-order valence-electron chi connectivity index (χ3n) is 0.0945. The van der Waals surface area contributed by atoms with E-state index in [2.05, 4.69) is 32.1 Å². The molecule has 0 amide bonds. The van der Waals surface area contributed by atoms with Gasteiger partial charge in [0.05, 0.1) is 0 Å². The molecule has 0 bridgehead atoms. The van der Waals surface area contributed by atoms with Crippen LogP contribution >= 0.6 is 33.5 Å². The van der Waals surface area contributed by atoms with E-state index >= 15 is 0 Å². The SMILES string of the molecule is CNNCl.ClCl. The molecule has 0 saturated carbocycles. The fourth-order valence-electron chi connectivity index (χ4n) is 0. The summed E-state index contributed by atoms with van der Waals surface area (Å²) in [4.78, 5) is 2.15. The van der Waals surface area contributed by atoms with Gasteiger partial charge >= 0.3 is 0 Å². The summed E-state index contributed by atoms with van der Waals surface area (Å²) in [5.41, 5.74) is 2.45. The van der Waals surface area contributed by atoms with Gasteiger partial charge in [0.1, 0.15) is 0 Å². The van der Waals surface area contributed by atoms with Crippen molar-refractivity contribution in [2.45, 2.75) is 0 Å². The lowest BCUT2D eigenvalue weighted by molar-refractivity contribution is 0.805. The van der Waals surface area contributed by atoms with Crippen molar-refractivity contribution in [3.05, 3.63) is 0 Å². The number of nitrogens with one attached hydrogen (secondary N) is 2. The molecule has 40 valence electrons. The fraction of sp³-hybridized carbons (Fsp3) is 1.00.